The summed E-state index contributed by atoms with van der Waals surface area (Å²) in [5, 5.41) is 3.67. The van der Waals surface area contributed by atoms with Gasteiger partial charge in [-0.15, -0.1) is 0 Å². The highest BCUT2D eigenvalue weighted by molar-refractivity contribution is 5.70. The molecular formula is C14H18N2. The highest BCUT2D eigenvalue weighted by Gasteiger charge is 2.30. The molecule has 0 bridgehead atoms. The molecule has 1 aliphatic heterocycles. The van der Waals surface area contributed by atoms with Crippen molar-refractivity contribution in [1.29, 1.82) is 0 Å². The standard InChI is InChI=1S/C14H18N2/c1-4-11-5-3-9-16-14(11)13(7-1)12-6-2-8-15-10-12/h2,6-8,10-11,14,16H,1,3-5,9H2/t11-,14+/m1/s1. The Morgan fingerprint density at radius 1 is 1.31 bits per heavy atom. The van der Waals surface area contributed by atoms with Crippen molar-refractivity contribution in [3.63, 3.8) is 0 Å². The number of aromatic nitrogens is 1. The number of hydrogen-bond acceptors (Lipinski definition) is 2. The van der Waals surface area contributed by atoms with E-state index in [-0.39, 0.29) is 0 Å². The molecule has 0 unspecified atom stereocenters. The predicted octanol–water partition coefficient (Wildman–Crippen LogP) is 2.63. The maximum Gasteiger partial charge on any atom is 0.0352 e. The van der Waals surface area contributed by atoms with Gasteiger partial charge in [0, 0.05) is 18.4 Å². The molecule has 2 aliphatic rings. The maximum atomic E-state index is 4.23. The van der Waals surface area contributed by atoms with E-state index in [1.165, 1.54) is 43.4 Å². The molecule has 2 atom stereocenters. The van der Waals surface area contributed by atoms with Gasteiger partial charge in [-0.3, -0.25) is 4.98 Å². The molecule has 2 nitrogen and oxygen atoms in total. The van der Waals surface area contributed by atoms with Crippen molar-refractivity contribution < 1.29 is 0 Å². The van der Waals surface area contributed by atoms with Crippen molar-refractivity contribution in [2.45, 2.75) is 31.7 Å². The quantitative estimate of drug-likeness (QED) is 0.777. The van der Waals surface area contributed by atoms with Crippen LogP contribution in [0, 0.1) is 5.92 Å². The summed E-state index contributed by atoms with van der Waals surface area (Å²) in [7, 11) is 0. The molecule has 2 heteroatoms. The molecule has 0 saturated carbocycles. The van der Waals surface area contributed by atoms with Gasteiger partial charge in [0.2, 0.25) is 0 Å². The third-order valence-corrected chi connectivity index (χ3v) is 3.82. The number of fused-ring (bicyclic) bond motifs is 1. The van der Waals surface area contributed by atoms with Crippen LogP contribution in [-0.4, -0.2) is 17.6 Å². The topological polar surface area (TPSA) is 24.9 Å². The van der Waals surface area contributed by atoms with Gasteiger partial charge < -0.3 is 5.32 Å². The lowest BCUT2D eigenvalue weighted by Gasteiger charge is -2.37. The number of nitrogens with one attached hydrogen (secondary N) is 1. The Morgan fingerprint density at radius 3 is 3.19 bits per heavy atom. The normalized spacial score (nSPS) is 29.4. The number of hydrogen-bond donors (Lipinski definition) is 1. The van der Waals surface area contributed by atoms with Crippen LogP contribution in [0.2, 0.25) is 0 Å². The molecule has 1 fully saturated rings. The fourth-order valence-corrected chi connectivity index (χ4v) is 3.04. The van der Waals surface area contributed by atoms with E-state index >= 15 is 0 Å². The summed E-state index contributed by atoms with van der Waals surface area (Å²) in [6.07, 6.45) is 11.5. The molecule has 3 rings (SSSR count). The summed E-state index contributed by atoms with van der Waals surface area (Å²) in [4.78, 5) is 4.23. The molecule has 0 aromatic carbocycles. The molecule has 16 heavy (non-hydrogen) atoms. The first-order valence-corrected chi connectivity index (χ1v) is 6.29. The van der Waals surface area contributed by atoms with E-state index in [0.717, 1.165) is 5.92 Å². The minimum atomic E-state index is 0.576. The minimum absolute atomic E-state index is 0.576. The fourth-order valence-electron chi connectivity index (χ4n) is 3.04. The fraction of sp³-hybridized carbons (Fsp3) is 0.500. The maximum absolute atomic E-state index is 4.23. The average Bonchev–Trinajstić information content (AvgIpc) is 2.39. The lowest BCUT2D eigenvalue weighted by Crippen LogP contribution is -2.43. The van der Waals surface area contributed by atoms with E-state index in [4.69, 9.17) is 0 Å². The van der Waals surface area contributed by atoms with Crippen LogP contribution in [0.5, 0.6) is 0 Å². The molecule has 1 aliphatic carbocycles. The van der Waals surface area contributed by atoms with Gasteiger partial charge in [0.25, 0.3) is 0 Å². The third kappa shape index (κ3) is 1.78. The molecule has 0 radical (unpaired) electrons. The minimum Gasteiger partial charge on any atom is -0.310 e. The smallest absolute Gasteiger partial charge is 0.0352 e. The zero-order valence-corrected chi connectivity index (χ0v) is 9.52. The monoisotopic (exact) mass is 214 g/mol. The lowest BCUT2D eigenvalue weighted by atomic mass is 9.77. The van der Waals surface area contributed by atoms with Crippen molar-refractivity contribution >= 4 is 5.57 Å². The zero-order valence-electron chi connectivity index (χ0n) is 9.52. The van der Waals surface area contributed by atoms with Gasteiger partial charge >= 0.3 is 0 Å². The van der Waals surface area contributed by atoms with Gasteiger partial charge in [0.05, 0.1) is 0 Å². The van der Waals surface area contributed by atoms with Gasteiger partial charge in [-0.25, -0.2) is 0 Å². The molecule has 1 aromatic rings. The molecule has 2 heterocycles. The SMILES string of the molecule is C1=C(c2cccnc2)[C@H]2NCCC[C@H]2CC1. The van der Waals surface area contributed by atoms with Crippen molar-refractivity contribution in [3.05, 3.63) is 36.2 Å². The first-order valence-electron chi connectivity index (χ1n) is 6.29. The van der Waals surface area contributed by atoms with Crippen LogP contribution in [0.4, 0.5) is 0 Å². The van der Waals surface area contributed by atoms with Crippen molar-refractivity contribution in [3.8, 4) is 0 Å². The average molecular weight is 214 g/mol. The summed E-state index contributed by atoms with van der Waals surface area (Å²) in [6, 6.07) is 4.78. The number of allylic oxidation sites excluding steroid dienone is 1. The van der Waals surface area contributed by atoms with Gasteiger partial charge in [-0.1, -0.05) is 12.1 Å². The van der Waals surface area contributed by atoms with Gasteiger partial charge in [-0.2, -0.15) is 0 Å². The second-order valence-electron chi connectivity index (χ2n) is 4.81. The predicted molar refractivity (Wildman–Crippen MR) is 66.0 cm³/mol. The van der Waals surface area contributed by atoms with Gasteiger partial charge in [0.15, 0.2) is 0 Å². The second kappa shape index (κ2) is 4.38. The number of pyridine rings is 1. The van der Waals surface area contributed by atoms with Crippen molar-refractivity contribution in [1.82, 2.24) is 10.3 Å². The van der Waals surface area contributed by atoms with Crippen molar-refractivity contribution in [2.24, 2.45) is 5.92 Å². The summed E-state index contributed by atoms with van der Waals surface area (Å²) in [5.74, 6) is 0.842. The lowest BCUT2D eigenvalue weighted by molar-refractivity contribution is 0.304. The van der Waals surface area contributed by atoms with Crippen LogP contribution in [0.3, 0.4) is 0 Å². The van der Waals surface area contributed by atoms with Crippen molar-refractivity contribution in [2.75, 3.05) is 6.54 Å². The van der Waals surface area contributed by atoms with Crippen LogP contribution >= 0.6 is 0 Å². The number of nitrogens with zero attached hydrogens (tertiary/aromatic N) is 1. The van der Waals surface area contributed by atoms with E-state index in [1.54, 1.807) is 0 Å². The third-order valence-electron chi connectivity index (χ3n) is 3.82. The molecule has 1 saturated heterocycles. The zero-order chi connectivity index (χ0) is 10.8. The molecule has 84 valence electrons. The van der Waals surface area contributed by atoms with Gasteiger partial charge in [-0.05, 0) is 55.3 Å². The number of rotatable bonds is 1. The van der Waals surface area contributed by atoms with Gasteiger partial charge in [0.1, 0.15) is 0 Å². The Labute approximate surface area is 96.8 Å². The second-order valence-corrected chi connectivity index (χ2v) is 4.81. The summed E-state index contributed by atoms with van der Waals surface area (Å²) >= 11 is 0. The van der Waals surface area contributed by atoms with Crippen LogP contribution in [0.15, 0.2) is 30.6 Å². The molecule has 0 amide bonds. The molecule has 0 spiro atoms. The molecule has 1 N–H and O–H groups in total. The summed E-state index contributed by atoms with van der Waals surface area (Å²) in [5.41, 5.74) is 2.77. The Bertz CT molecular complexity index is 383. The first-order chi connectivity index (χ1) is 7.95. The van der Waals surface area contributed by atoms with Crippen LogP contribution in [-0.2, 0) is 0 Å². The van der Waals surface area contributed by atoms with E-state index in [2.05, 4.69) is 22.4 Å². The Hall–Kier alpha value is -1.15. The van der Waals surface area contributed by atoms with Crippen LogP contribution < -0.4 is 5.32 Å². The van der Waals surface area contributed by atoms with Crippen LogP contribution in [0.25, 0.3) is 5.57 Å². The van der Waals surface area contributed by atoms with E-state index < -0.39 is 0 Å². The highest BCUT2D eigenvalue weighted by atomic mass is 14.9. The molecule has 1 aromatic heterocycles. The van der Waals surface area contributed by atoms with E-state index in [1.807, 2.05) is 18.5 Å². The Morgan fingerprint density at radius 2 is 2.31 bits per heavy atom. The highest BCUT2D eigenvalue weighted by Crippen LogP contribution is 2.35. The largest absolute Gasteiger partial charge is 0.310 e. The van der Waals surface area contributed by atoms with E-state index in [9.17, 15) is 0 Å². The summed E-state index contributed by atoms with van der Waals surface area (Å²) in [6.45, 7) is 1.17. The van der Waals surface area contributed by atoms with E-state index in [0.29, 0.717) is 6.04 Å². The summed E-state index contributed by atoms with van der Waals surface area (Å²) < 4.78 is 0. The number of piperidine rings is 1. The Kier molecular flexibility index (Phi) is 2.75. The molecular weight excluding hydrogens is 196 g/mol. The van der Waals surface area contributed by atoms with Crippen LogP contribution in [0.1, 0.15) is 31.2 Å². The Balaban J connectivity index is 1.91. The first kappa shape index (κ1) is 10.0.